The lowest BCUT2D eigenvalue weighted by Gasteiger charge is -2.18. The number of carbonyl (C=O) groups excluding carboxylic acids is 2. The van der Waals surface area contributed by atoms with Crippen molar-refractivity contribution in [2.75, 3.05) is 0 Å². The molecule has 2 N–H and O–H groups in total. The minimum atomic E-state index is -0.487. The summed E-state index contributed by atoms with van der Waals surface area (Å²) >= 11 is 0. The Hall–Kier alpha value is -2.30. The number of nitrogens with zero attached hydrogens (tertiary/aromatic N) is 1. The van der Waals surface area contributed by atoms with Crippen LogP contribution in [0, 0.1) is 0 Å². The molecule has 2 aromatic rings. The smallest absolute Gasteiger partial charge is 0.242 e. The highest BCUT2D eigenvalue weighted by Gasteiger charge is 2.21. The van der Waals surface area contributed by atoms with Crippen molar-refractivity contribution in [2.24, 2.45) is 0 Å². The largest absolute Gasteiger partial charge is 0.352 e. The second-order valence-corrected chi connectivity index (χ2v) is 6.60. The predicted molar refractivity (Wildman–Crippen MR) is 94.6 cm³/mol. The Morgan fingerprint density at radius 2 is 1.96 bits per heavy atom. The Morgan fingerprint density at radius 3 is 2.75 bits per heavy atom. The van der Waals surface area contributed by atoms with E-state index in [0.29, 0.717) is 13.0 Å². The number of amides is 2. The van der Waals surface area contributed by atoms with Gasteiger partial charge in [-0.1, -0.05) is 31.0 Å². The van der Waals surface area contributed by atoms with Gasteiger partial charge in [0, 0.05) is 30.7 Å². The first-order chi connectivity index (χ1) is 11.6. The van der Waals surface area contributed by atoms with Crippen LogP contribution in [-0.4, -0.2) is 28.5 Å². The Kier molecular flexibility index (Phi) is 5.18. The number of aromatic nitrogens is 1. The Balaban J connectivity index is 1.47. The first-order valence-corrected chi connectivity index (χ1v) is 8.77. The SMILES string of the molecule is C[C@@H](NC(=O)CCn1ccc2ccccc21)C(=O)NC1CCCC1. The second-order valence-electron chi connectivity index (χ2n) is 6.60. The minimum absolute atomic E-state index is 0.0818. The molecule has 0 saturated heterocycles. The van der Waals surface area contributed by atoms with Crippen molar-refractivity contribution in [2.45, 2.75) is 57.7 Å². The van der Waals surface area contributed by atoms with Gasteiger partial charge in [0.1, 0.15) is 6.04 Å². The molecule has 1 aromatic carbocycles. The monoisotopic (exact) mass is 327 g/mol. The van der Waals surface area contributed by atoms with E-state index in [4.69, 9.17) is 0 Å². The van der Waals surface area contributed by atoms with Crippen molar-refractivity contribution in [3.63, 3.8) is 0 Å². The zero-order valence-corrected chi connectivity index (χ0v) is 14.1. The third kappa shape index (κ3) is 3.96. The van der Waals surface area contributed by atoms with Gasteiger partial charge in [-0.2, -0.15) is 0 Å². The van der Waals surface area contributed by atoms with Gasteiger partial charge in [0.15, 0.2) is 0 Å². The number of aryl methyl sites for hydroxylation is 1. The molecule has 128 valence electrons. The van der Waals surface area contributed by atoms with Gasteiger partial charge in [0.25, 0.3) is 0 Å². The van der Waals surface area contributed by atoms with Crippen LogP contribution in [0.2, 0.25) is 0 Å². The highest BCUT2D eigenvalue weighted by atomic mass is 16.2. The molecule has 2 amide bonds. The number of fused-ring (bicyclic) bond motifs is 1. The van der Waals surface area contributed by atoms with Gasteiger partial charge in [-0.3, -0.25) is 9.59 Å². The zero-order chi connectivity index (χ0) is 16.9. The van der Waals surface area contributed by atoms with E-state index >= 15 is 0 Å². The van der Waals surface area contributed by atoms with E-state index in [1.165, 1.54) is 18.2 Å². The molecule has 1 fully saturated rings. The fraction of sp³-hybridized carbons (Fsp3) is 0.474. The van der Waals surface area contributed by atoms with E-state index in [9.17, 15) is 9.59 Å². The molecule has 1 atom stereocenters. The molecular weight excluding hydrogens is 302 g/mol. The van der Waals surface area contributed by atoms with Gasteiger partial charge in [-0.25, -0.2) is 0 Å². The van der Waals surface area contributed by atoms with E-state index in [0.717, 1.165) is 18.4 Å². The van der Waals surface area contributed by atoms with Gasteiger partial charge in [0.05, 0.1) is 0 Å². The molecule has 24 heavy (non-hydrogen) atoms. The van der Waals surface area contributed by atoms with Crippen LogP contribution < -0.4 is 10.6 Å². The maximum atomic E-state index is 12.1. The molecule has 1 aromatic heterocycles. The molecule has 0 aliphatic heterocycles. The number of nitrogens with one attached hydrogen (secondary N) is 2. The molecule has 0 spiro atoms. The first-order valence-electron chi connectivity index (χ1n) is 8.77. The summed E-state index contributed by atoms with van der Waals surface area (Å²) in [5, 5.41) is 6.99. The summed E-state index contributed by atoms with van der Waals surface area (Å²) < 4.78 is 2.07. The molecule has 5 nitrogen and oxygen atoms in total. The molecular formula is C19H25N3O2. The molecule has 5 heteroatoms. The lowest BCUT2D eigenvalue weighted by Crippen LogP contribution is -2.47. The van der Waals surface area contributed by atoms with Gasteiger partial charge in [-0.15, -0.1) is 0 Å². The van der Waals surface area contributed by atoms with Crippen molar-refractivity contribution in [3.8, 4) is 0 Å². The van der Waals surface area contributed by atoms with Crippen LogP contribution in [-0.2, 0) is 16.1 Å². The summed E-state index contributed by atoms with van der Waals surface area (Å²) in [6, 6.07) is 9.94. The lowest BCUT2D eigenvalue weighted by molar-refractivity contribution is -0.129. The van der Waals surface area contributed by atoms with Crippen LogP contribution in [0.4, 0.5) is 0 Å². The van der Waals surface area contributed by atoms with Gasteiger partial charge >= 0.3 is 0 Å². The van der Waals surface area contributed by atoms with Crippen LogP contribution in [0.15, 0.2) is 36.5 Å². The van der Waals surface area contributed by atoms with E-state index < -0.39 is 6.04 Å². The molecule has 3 rings (SSSR count). The first kappa shape index (κ1) is 16.6. The van der Waals surface area contributed by atoms with E-state index in [-0.39, 0.29) is 17.9 Å². The summed E-state index contributed by atoms with van der Waals surface area (Å²) in [4.78, 5) is 24.2. The number of rotatable bonds is 6. The molecule has 0 radical (unpaired) electrons. The van der Waals surface area contributed by atoms with Crippen LogP contribution in [0.1, 0.15) is 39.0 Å². The number of benzene rings is 1. The molecule has 1 aliphatic rings. The second kappa shape index (κ2) is 7.51. The van der Waals surface area contributed by atoms with Crippen LogP contribution in [0.25, 0.3) is 10.9 Å². The standard InChI is InChI=1S/C19H25N3O2/c1-14(19(24)21-16-7-3-4-8-16)20-18(23)11-13-22-12-10-15-6-2-5-9-17(15)22/h2,5-6,9-10,12,14,16H,3-4,7-8,11,13H2,1H3,(H,20,23)(H,21,24)/t14-/m1/s1. The fourth-order valence-electron chi connectivity index (χ4n) is 3.33. The Labute approximate surface area is 142 Å². The van der Waals surface area contributed by atoms with Gasteiger partial charge in [-0.05, 0) is 37.3 Å². The molecule has 0 bridgehead atoms. The summed E-state index contributed by atoms with van der Waals surface area (Å²) in [6.45, 7) is 2.35. The topological polar surface area (TPSA) is 63.1 Å². The van der Waals surface area contributed by atoms with Crippen molar-refractivity contribution in [1.29, 1.82) is 0 Å². The predicted octanol–water partition coefficient (Wildman–Crippen LogP) is 2.59. The number of carbonyl (C=O) groups is 2. The molecule has 0 unspecified atom stereocenters. The molecule has 1 heterocycles. The Bertz CT molecular complexity index is 716. The normalized spacial score (nSPS) is 16.2. The highest BCUT2D eigenvalue weighted by molar-refractivity contribution is 5.87. The maximum Gasteiger partial charge on any atom is 0.242 e. The lowest BCUT2D eigenvalue weighted by atomic mass is 10.2. The van der Waals surface area contributed by atoms with Crippen molar-refractivity contribution < 1.29 is 9.59 Å². The van der Waals surface area contributed by atoms with Crippen molar-refractivity contribution in [3.05, 3.63) is 36.5 Å². The minimum Gasteiger partial charge on any atom is -0.352 e. The van der Waals surface area contributed by atoms with Gasteiger partial charge < -0.3 is 15.2 Å². The van der Waals surface area contributed by atoms with Crippen LogP contribution in [0.3, 0.4) is 0 Å². The summed E-state index contributed by atoms with van der Waals surface area (Å²) in [7, 11) is 0. The van der Waals surface area contributed by atoms with E-state index in [2.05, 4.69) is 21.3 Å². The fourth-order valence-corrected chi connectivity index (χ4v) is 3.33. The van der Waals surface area contributed by atoms with Gasteiger partial charge in [0.2, 0.25) is 11.8 Å². The van der Waals surface area contributed by atoms with Crippen LogP contribution >= 0.6 is 0 Å². The molecule has 1 saturated carbocycles. The highest BCUT2D eigenvalue weighted by Crippen LogP contribution is 2.17. The van der Waals surface area contributed by atoms with E-state index in [1.807, 2.05) is 30.5 Å². The number of para-hydroxylation sites is 1. The average molecular weight is 327 g/mol. The summed E-state index contributed by atoms with van der Waals surface area (Å²) in [5.41, 5.74) is 1.12. The Morgan fingerprint density at radius 1 is 1.21 bits per heavy atom. The third-order valence-corrected chi connectivity index (χ3v) is 4.73. The van der Waals surface area contributed by atoms with E-state index in [1.54, 1.807) is 6.92 Å². The maximum absolute atomic E-state index is 12.1. The summed E-state index contributed by atoms with van der Waals surface area (Å²) in [5.74, 6) is -0.177. The number of hydrogen-bond donors (Lipinski definition) is 2. The van der Waals surface area contributed by atoms with Crippen LogP contribution in [0.5, 0.6) is 0 Å². The third-order valence-electron chi connectivity index (χ3n) is 4.73. The average Bonchev–Trinajstić information content (AvgIpc) is 3.22. The molecule has 1 aliphatic carbocycles. The van der Waals surface area contributed by atoms with Crippen molar-refractivity contribution >= 4 is 22.7 Å². The number of hydrogen-bond acceptors (Lipinski definition) is 2. The summed E-state index contributed by atoms with van der Waals surface area (Å²) in [6.07, 6.45) is 6.81. The zero-order valence-electron chi connectivity index (χ0n) is 14.1. The quantitative estimate of drug-likeness (QED) is 0.856. The van der Waals surface area contributed by atoms with Crippen molar-refractivity contribution in [1.82, 2.24) is 15.2 Å².